The molecule has 0 aliphatic heterocycles. The van der Waals surface area contributed by atoms with Gasteiger partial charge in [-0.3, -0.25) is 9.36 Å². The lowest BCUT2D eigenvalue weighted by atomic mass is 10.2. The maximum atomic E-state index is 4.54. The fourth-order valence-electron chi connectivity index (χ4n) is 2.49. The van der Waals surface area contributed by atoms with Crippen molar-refractivity contribution in [3.05, 3.63) is 70.0 Å². The molecule has 1 N–H and O–H groups in total. The molecule has 0 amide bonds. The highest BCUT2D eigenvalue weighted by Crippen LogP contribution is 2.26. The third kappa shape index (κ3) is 3.83. The van der Waals surface area contributed by atoms with Crippen LogP contribution < -0.4 is 5.32 Å². The summed E-state index contributed by atoms with van der Waals surface area (Å²) in [5.41, 5.74) is 1.21. The lowest BCUT2D eigenvalue weighted by Gasteiger charge is -2.06. The molecule has 0 spiro atoms. The topological polar surface area (TPSA) is 73.5 Å². The largest absolute Gasteiger partial charge is 0.313 e. The van der Waals surface area contributed by atoms with Gasteiger partial charge in [-0.1, -0.05) is 41.7 Å². The molecule has 9 heteroatoms. The van der Waals surface area contributed by atoms with E-state index in [0.717, 1.165) is 21.8 Å². The monoisotopic (exact) mass is 429 g/mol. The zero-order chi connectivity index (χ0) is 17.9. The minimum atomic E-state index is 0.0185. The molecular formula is C17H16BrN7S. The molecule has 7 nitrogen and oxygen atoms in total. The number of aromatic nitrogens is 6. The van der Waals surface area contributed by atoms with Crippen molar-refractivity contribution in [1.82, 2.24) is 29.8 Å². The first-order valence-corrected chi connectivity index (χ1v) is 9.66. The average Bonchev–Trinajstić information content (AvgIpc) is 3.38. The second-order valence-electron chi connectivity index (χ2n) is 5.77. The van der Waals surface area contributed by atoms with Crippen molar-refractivity contribution in [2.24, 2.45) is 0 Å². The Morgan fingerprint density at radius 3 is 2.81 bits per heavy atom. The Balaban J connectivity index is 1.43. The predicted octanol–water partition coefficient (Wildman–Crippen LogP) is 4.09. The summed E-state index contributed by atoms with van der Waals surface area (Å²) in [4.78, 5) is 0. The minimum Gasteiger partial charge on any atom is -0.313 e. The number of hydrogen-bond donors (Lipinski definition) is 1. The van der Waals surface area contributed by atoms with Crippen LogP contribution in [0.1, 0.15) is 23.5 Å². The molecule has 4 rings (SSSR count). The molecule has 3 heterocycles. The van der Waals surface area contributed by atoms with Gasteiger partial charge >= 0.3 is 0 Å². The molecule has 132 valence electrons. The van der Waals surface area contributed by atoms with Crippen LogP contribution in [0.3, 0.4) is 0 Å². The summed E-state index contributed by atoms with van der Waals surface area (Å²) in [6.07, 6.45) is 5.63. The summed E-state index contributed by atoms with van der Waals surface area (Å²) >= 11 is 4.90. The number of anilines is 2. The Labute approximate surface area is 162 Å². The zero-order valence-electron chi connectivity index (χ0n) is 14.0. The van der Waals surface area contributed by atoms with Crippen LogP contribution in [0.5, 0.6) is 0 Å². The van der Waals surface area contributed by atoms with Crippen molar-refractivity contribution < 1.29 is 0 Å². The number of nitrogens with one attached hydrogen (secondary N) is 1. The fraction of sp³-hybridized carbons (Fsp3) is 0.176. The van der Waals surface area contributed by atoms with Gasteiger partial charge in [-0.25, -0.2) is 0 Å². The normalized spacial score (nSPS) is 12.2. The van der Waals surface area contributed by atoms with Crippen LogP contribution in [0.25, 0.3) is 0 Å². The van der Waals surface area contributed by atoms with Gasteiger partial charge in [-0.05, 0) is 28.4 Å². The third-order valence-corrected chi connectivity index (χ3v) is 5.25. The summed E-state index contributed by atoms with van der Waals surface area (Å²) in [6.45, 7) is 2.77. The molecule has 1 atom stereocenters. The van der Waals surface area contributed by atoms with E-state index in [1.54, 1.807) is 6.20 Å². The van der Waals surface area contributed by atoms with Gasteiger partial charge in [-0.15, -0.1) is 10.2 Å². The summed E-state index contributed by atoms with van der Waals surface area (Å²) in [5.74, 6) is 0.748. The SMILES string of the molecule is C[C@@H](c1nnc(Nc2ccn(Cc3ccccc3)n2)s1)n1cc(Br)cn1. The van der Waals surface area contributed by atoms with E-state index in [0.29, 0.717) is 5.13 Å². The second kappa shape index (κ2) is 7.38. The van der Waals surface area contributed by atoms with Crippen LogP contribution >= 0.6 is 27.3 Å². The van der Waals surface area contributed by atoms with Gasteiger partial charge in [0, 0.05) is 18.5 Å². The van der Waals surface area contributed by atoms with Crippen molar-refractivity contribution >= 4 is 38.2 Å². The van der Waals surface area contributed by atoms with Crippen molar-refractivity contribution in [1.29, 1.82) is 0 Å². The molecule has 4 aromatic rings. The van der Waals surface area contributed by atoms with E-state index in [4.69, 9.17) is 0 Å². The molecule has 26 heavy (non-hydrogen) atoms. The standard InChI is InChI=1S/C17H16BrN7S/c1-12(25-11-14(18)9-19-25)16-21-22-17(26-16)20-15-7-8-24(23-15)10-13-5-3-2-4-6-13/h2-9,11-12H,10H2,1H3,(H,20,22,23)/t12-/m0/s1. The highest BCUT2D eigenvalue weighted by Gasteiger charge is 2.15. The Kier molecular flexibility index (Phi) is 4.81. The third-order valence-electron chi connectivity index (χ3n) is 3.83. The summed E-state index contributed by atoms with van der Waals surface area (Å²) in [7, 11) is 0. The molecular weight excluding hydrogens is 414 g/mol. The summed E-state index contributed by atoms with van der Waals surface area (Å²) in [5, 5.41) is 22.1. The van der Waals surface area contributed by atoms with Crippen LogP contribution in [0, 0.1) is 0 Å². The molecule has 3 aromatic heterocycles. The number of nitrogens with zero attached hydrogens (tertiary/aromatic N) is 6. The van der Waals surface area contributed by atoms with Crippen molar-refractivity contribution in [3.63, 3.8) is 0 Å². The second-order valence-corrected chi connectivity index (χ2v) is 7.69. The van der Waals surface area contributed by atoms with E-state index < -0.39 is 0 Å². The first-order valence-electron chi connectivity index (χ1n) is 8.05. The first kappa shape index (κ1) is 16.9. The van der Waals surface area contributed by atoms with E-state index in [-0.39, 0.29) is 6.04 Å². The van der Waals surface area contributed by atoms with E-state index in [9.17, 15) is 0 Å². The highest BCUT2D eigenvalue weighted by atomic mass is 79.9. The Hall–Kier alpha value is -2.52. The zero-order valence-corrected chi connectivity index (χ0v) is 16.4. The lowest BCUT2D eigenvalue weighted by Crippen LogP contribution is -2.06. The van der Waals surface area contributed by atoms with Crippen LogP contribution in [0.4, 0.5) is 10.9 Å². The highest BCUT2D eigenvalue weighted by molar-refractivity contribution is 9.10. The maximum Gasteiger partial charge on any atom is 0.211 e. The lowest BCUT2D eigenvalue weighted by molar-refractivity contribution is 0.557. The van der Waals surface area contributed by atoms with E-state index in [1.165, 1.54) is 16.9 Å². The van der Waals surface area contributed by atoms with Gasteiger partial charge in [0.25, 0.3) is 0 Å². The molecule has 0 radical (unpaired) electrons. The quantitative estimate of drug-likeness (QED) is 0.499. The van der Waals surface area contributed by atoms with Crippen LogP contribution in [-0.2, 0) is 6.54 Å². The fourth-order valence-corrected chi connectivity index (χ4v) is 3.59. The summed E-state index contributed by atoms with van der Waals surface area (Å²) in [6, 6.07) is 12.2. The number of benzene rings is 1. The minimum absolute atomic E-state index is 0.0185. The molecule has 0 aliphatic carbocycles. The molecule has 0 saturated carbocycles. The van der Waals surface area contributed by atoms with Crippen LogP contribution in [0.2, 0.25) is 0 Å². The number of rotatable bonds is 6. The number of hydrogen-bond acceptors (Lipinski definition) is 6. The first-order chi connectivity index (χ1) is 12.7. The van der Waals surface area contributed by atoms with Crippen molar-refractivity contribution in [2.45, 2.75) is 19.5 Å². The van der Waals surface area contributed by atoms with Crippen LogP contribution in [-0.4, -0.2) is 29.8 Å². The van der Waals surface area contributed by atoms with Gasteiger partial charge in [0.1, 0.15) is 11.0 Å². The number of halogens is 1. The molecule has 0 saturated heterocycles. The van der Waals surface area contributed by atoms with Crippen molar-refractivity contribution in [2.75, 3.05) is 5.32 Å². The van der Waals surface area contributed by atoms with Crippen molar-refractivity contribution in [3.8, 4) is 0 Å². The summed E-state index contributed by atoms with van der Waals surface area (Å²) < 4.78 is 4.68. The molecule has 0 bridgehead atoms. The van der Waals surface area contributed by atoms with Gasteiger partial charge < -0.3 is 5.32 Å². The van der Waals surface area contributed by atoms with E-state index >= 15 is 0 Å². The smallest absolute Gasteiger partial charge is 0.211 e. The van der Waals surface area contributed by atoms with Gasteiger partial charge in [-0.2, -0.15) is 10.2 Å². The van der Waals surface area contributed by atoms with Gasteiger partial charge in [0.15, 0.2) is 5.82 Å². The van der Waals surface area contributed by atoms with Crippen LogP contribution in [0.15, 0.2) is 59.5 Å². The van der Waals surface area contributed by atoms with E-state index in [1.807, 2.05) is 52.9 Å². The molecule has 1 aromatic carbocycles. The van der Waals surface area contributed by atoms with E-state index in [2.05, 4.69) is 53.8 Å². The molecule has 0 unspecified atom stereocenters. The Morgan fingerprint density at radius 1 is 1.19 bits per heavy atom. The predicted molar refractivity (Wildman–Crippen MR) is 105 cm³/mol. The van der Waals surface area contributed by atoms with Gasteiger partial charge in [0.2, 0.25) is 5.13 Å². The molecule has 0 fully saturated rings. The maximum absolute atomic E-state index is 4.54. The Bertz CT molecular complexity index is 991. The molecule has 0 aliphatic rings. The van der Waals surface area contributed by atoms with Gasteiger partial charge in [0.05, 0.1) is 17.2 Å². The Morgan fingerprint density at radius 2 is 2.04 bits per heavy atom. The average molecular weight is 430 g/mol.